The van der Waals surface area contributed by atoms with Gasteiger partial charge in [0.05, 0.1) is 5.92 Å². The number of fused-ring (bicyclic) bond motifs is 1. The van der Waals surface area contributed by atoms with Gasteiger partial charge in [-0.15, -0.1) is 11.3 Å². The molecule has 2 aromatic heterocycles. The number of carbonyl (C=O) groups is 2. The van der Waals surface area contributed by atoms with Crippen LogP contribution in [0.25, 0.3) is 22.0 Å². The van der Waals surface area contributed by atoms with E-state index in [1.807, 2.05) is 5.38 Å². The number of carboxylic acids is 1. The van der Waals surface area contributed by atoms with Gasteiger partial charge in [-0.1, -0.05) is 6.07 Å². The van der Waals surface area contributed by atoms with Crippen LogP contribution in [0.5, 0.6) is 0 Å². The van der Waals surface area contributed by atoms with Crippen molar-refractivity contribution in [2.24, 2.45) is 0 Å². The molecule has 0 saturated heterocycles. The van der Waals surface area contributed by atoms with E-state index in [0.29, 0.717) is 21.3 Å². The fourth-order valence-corrected chi connectivity index (χ4v) is 3.70. The van der Waals surface area contributed by atoms with Crippen molar-refractivity contribution in [1.29, 1.82) is 0 Å². The Morgan fingerprint density at radius 1 is 1.43 bits per heavy atom. The Morgan fingerprint density at radius 2 is 2.26 bits per heavy atom. The van der Waals surface area contributed by atoms with Gasteiger partial charge in [0, 0.05) is 34.0 Å². The molecule has 0 aliphatic heterocycles. The summed E-state index contributed by atoms with van der Waals surface area (Å²) in [5.74, 6) is -1.98. The van der Waals surface area contributed by atoms with Crippen LogP contribution in [0.2, 0.25) is 0 Å². The molecule has 4 nitrogen and oxygen atoms in total. The number of aromatic amines is 1. The van der Waals surface area contributed by atoms with Gasteiger partial charge in [0.25, 0.3) is 0 Å². The lowest BCUT2D eigenvalue weighted by Crippen LogP contribution is -2.10. The van der Waals surface area contributed by atoms with Crippen LogP contribution in [0.1, 0.15) is 23.6 Å². The molecule has 23 heavy (non-hydrogen) atoms. The highest BCUT2D eigenvalue weighted by Crippen LogP contribution is 2.36. The van der Waals surface area contributed by atoms with Crippen LogP contribution in [0.3, 0.4) is 0 Å². The maximum absolute atomic E-state index is 14.1. The summed E-state index contributed by atoms with van der Waals surface area (Å²) in [6.07, 6.45) is 2.91. The molecule has 0 bridgehead atoms. The minimum Gasteiger partial charge on any atom is -0.481 e. The molecule has 1 aromatic carbocycles. The number of aliphatic carboxylic acids is 1. The number of carbonyl (C=O) groups excluding carboxylic acids is 1. The van der Waals surface area contributed by atoms with Gasteiger partial charge in [-0.05, 0) is 35.6 Å². The summed E-state index contributed by atoms with van der Waals surface area (Å²) < 4.78 is 14.1. The highest BCUT2D eigenvalue weighted by Gasteiger charge is 2.22. The van der Waals surface area contributed by atoms with Gasteiger partial charge >= 0.3 is 5.97 Å². The predicted octanol–water partition coefficient (Wildman–Crippen LogP) is 4.18. The number of hydrogen-bond acceptors (Lipinski definition) is 3. The Labute approximate surface area is 135 Å². The number of carboxylic acid groups (broad SMARTS) is 1. The second-order valence-electron chi connectivity index (χ2n) is 5.24. The van der Waals surface area contributed by atoms with E-state index in [2.05, 4.69) is 4.98 Å². The molecular formula is C17H14FNO3S. The first kappa shape index (κ1) is 15.4. The molecule has 3 aromatic rings. The quantitative estimate of drug-likeness (QED) is 0.666. The monoisotopic (exact) mass is 331 g/mol. The van der Waals surface area contributed by atoms with Crippen LogP contribution < -0.4 is 0 Å². The van der Waals surface area contributed by atoms with Crippen LogP contribution >= 0.6 is 11.3 Å². The van der Waals surface area contributed by atoms with Crippen molar-refractivity contribution < 1.29 is 19.1 Å². The average Bonchev–Trinajstić information content (AvgIpc) is 3.14. The number of aromatic nitrogens is 1. The van der Waals surface area contributed by atoms with Crippen molar-refractivity contribution in [3.63, 3.8) is 0 Å². The number of hydrogen-bond donors (Lipinski definition) is 2. The number of H-pyrrole nitrogens is 1. The van der Waals surface area contributed by atoms with E-state index in [0.717, 1.165) is 11.8 Å². The lowest BCUT2D eigenvalue weighted by Gasteiger charge is -2.07. The van der Waals surface area contributed by atoms with Crippen molar-refractivity contribution in [1.82, 2.24) is 4.98 Å². The van der Waals surface area contributed by atoms with E-state index < -0.39 is 11.9 Å². The molecule has 0 radical (unpaired) electrons. The van der Waals surface area contributed by atoms with Crippen LogP contribution in [0, 0.1) is 5.82 Å². The number of thiophene rings is 1. The molecule has 0 amide bonds. The summed E-state index contributed by atoms with van der Waals surface area (Å²) in [5, 5.41) is 11.7. The second kappa shape index (κ2) is 6.34. The first-order valence-electron chi connectivity index (χ1n) is 7.12. The molecule has 118 valence electrons. The zero-order chi connectivity index (χ0) is 16.4. The van der Waals surface area contributed by atoms with Crippen molar-refractivity contribution in [3.05, 3.63) is 46.5 Å². The minimum atomic E-state index is -0.953. The van der Waals surface area contributed by atoms with Gasteiger partial charge in [-0.25, -0.2) is 4.39 Å². The van der Waals surface area contributed by atoms with Gasteiger partial charge in [-0.3, -0.25) is 4.79 Å². The maximum Gasteiger partial charge on any atom is 0.311 e. The first-order valence-corrected chi connectivity index (χ1v) is 8.00. The summed E-state index contributed by atoms with van der Waals surface area (Å²) >= 11 is 1.32. The predicted molar refractivity (Wildman–Crippen MR) is 87.2 cm³/mol. The minimum absolute atomic E-state index is 0.200. The van der Waals surface area contributed by atoms with Crippen molar-refractivity contribution in [2.45, 2.75) is 18.8 Å². The molecule has 3 rings (SSSR count). The smallest absolute Gasteiger partial charge is 0.311 e. The lowest BCUT2D eigenvalue weighted by atomic mass is 10.00. The van der Waals surface area contributed by atoms with Gasteiger partial charge in [-0.2, -0.15) is 0 Å². The van der Waals surface area contributed by atoms with Crippen LogP contribution in [-0.4, -0.2) is 22.3 Å². The molecule has 0 saturated carbocycles. The molecule has 0 fully saturated rings. The Bertz CT molecular complexity index is 868. The number of aldehydes is 1. The molecule has 0 spiro atoms. The number of nitrogens with one attached hydrogen (secondary N) is 1. The fraction of sp³-hybridized carbons (Fsp3) is 0.176. The molecule has 0 aliphatic carbocycles. The van der Waals surface area contributed by atoms with Crippen molar-refractivity contribution >= 4 is 34.5 Å². The van der Waals surface area contributed by atoms with E-state index in [1.54, 1.807) is 24.4 Å². The zero-order valence-corrected chi connectivity index (χ0v) is 12.9. The Kier molecular flexibility index (Phi) is 4.25. The molecule has 2 heterocycles. The van der Waals surface area contributed by atoms with Crippen LogP contribution in [0.15, 0.2) is 35.8 Å². The Balaban J connectivity index is 2.00. The van der Waals surface area contributed by atoms with E-state index in [1.165, 1.54) is 17.4 Å². The van der Waals surface area contributed by atoms with E-state index in [4.69, 9.17) is 0 Å². The topological polar surface area (TPSA) is 70.2 Å². The van der Waals surface area contributed by atoms with Crippen LogP contribution in [-0.2, 0) is 9.59 Å². The van der Waals surface area contributed by atoms with E-state index in [9.17, 15) is 19.1 Å². The maximum atomic E-state index is 14.1. The standard InChI is InChI=1S/C17H14FNO3S/c18-13-4-1-5-14-16(13)12(8-19-14)10-7-15(23-9-10)11(17(21)22)3-2-6-20/h1,4-9,11,19H,2-3H2,(H,21,22). The Hall–Kier alpha value is -2.47. The first-order chi connectivity index (χ1) is 11.1. The highest BCUT2D eigenvalue weighted by atomic mass is 32.1. The van der Waals surface area contributed by atoms with Gasteiger partial charge in [0.15, 0.2) is 0 Å². The van der Waals surface area contributed by atoms with Gasteiger partial charge < -0.3 is 14.9 Å². The summed E-state index contributed by atoms with van der Waals surface area (Å²) in [7, 11) is 0. The number of rotatable bonds is 6. The molecule has 0 aliphatic rings. The summed E-state index contributed by atoms with van der Waals surface area (Å²) in [6, 6.07) is 6.59. The Morgan fingerprint density at radius 3 is 3.00 bits per heavy atom. The largest absolute Gasteiger partial charge is 0.481 e. The zero-order valence-electron chi connectivity index (χ0n) is 12.1. The molecule has 2 N–H and O–H groups in total. The number of halogens is 1. The van der Waals surface area contributed by atoms with Crippen molar-refractivity contribution in [3.8, 4) is 11.1 Å². The lowest BCUT2D eigenvalue weighted by molar-refractivity contribution is -0.138. The third-order valence-electron chi connectivity index (χ3n) is 3.80. The fourth-order valence-electron chi connectivity index (χ4n) is 2.67. The second-order valence-corrected chi connectivity index (χ2v) is 6.18. The van der Waals surface area contributed by atoms with E-state index in [-0.39, 0.29) is 18.7 Å². The molecule has 1 atom stereocenters. The summed E-state index contributed by atoms with van der Waals surface area (Å²) in [6.45, 7) is 0. The van der Waals surface area contributed by atoms with Crippen molar-refractivity contribution in [2.75, 3.05) is 0 Å². The van der Waals surface area contributed by atoms with Crippen LogP contribution in [0.4, 0.5) is 4.39 Å². The average molecular weight is 331 g/mol. The third kappa shape index (κ3) is 2.90. The normalized spacial score (nSPS) is 12.4. The highest BCUT2D eigenvalue weighted by molar-refractivity contribution is 7.10. The molecule has 1 unspecified atom stereocenters. The SMILES string of the molecule is O=CCCC(C(=O)O)c1cc(-c2c[nH]c3cccc(F)c23)cs1. The number of benzene rings is 1. The van der Waals surface area contributed by atoms with E-state index >= 15 is 0 Å². The van der Waals surface area contributed by atoms with Gasteiger partial charge in [0.2, 0.25) is 0 Å². The van der Waals surface area contributed by atoms with Gasteiger partial charge in [0.1, 0.15) is 12.1 Å². The summed E-state index contributed by atoms with van der Waals surface area (Å²) in [5.41, 5.74) is 2.18. The third-order valence-corrected chi connectivity index (χ3v) is 4.85. The molecular weight excluding hydrogens is 317 g/mol. The summed E-state index contributed by atoms with van der Waals surface area (Å²) in [4.78, 5) is 25.6. The molecule has 6 heteroatoms.